The summed E-state index contributed by atoms with van der Waals surface area (Å²) in [5.74, 6) is -0.194. The van der Waals surface area contributed by atoms with Crippen molar-refractivity contribution >= 4 is 16.9 Å². The van der Waals surface area contributed by atoms with Crippen LogP contribution in [0.4, 0.5) is 4.39 Å². The maximum absolute atomic E-state index is 12.6. The highest BCUT2D eigenvalue weighted by Gasteiger charge is 2.13. The van der Waals surface area contributed by atoms with Crippen LogP contribution in [-0.4, -0.2) is 17.0 Å². The fourth-order valence-electron chi connectivity index (χ4n) is 1.35. The molecule has 1 aliphatic heterocycles. The zero-order valence-electron chi connectivity index (χ0n) is 8.53. The first-order chi connectivity index (χ1) is 7.24. The third-order valence-corrected chi connectivity index (χ3v) is 3.21. The van der Waals surface area contributed by atoms with E-state index >= 15 is 0 Å². The van der Waals surface area contributed by atoms with Crippen molar-refractivity contribution in [2.24, 2.45) is 4.99 Å². The van der Waals surface area contributed by atoms with Crippen molar-refractivity contribution in [3.05, 3.63) is 35.6 Å². The van der Waals surface area contributed by atoms with Crippen molar-refractivity contribution in [3.63, 3.8) is 0 Å². The van der Waals surface area contributed by atoms with Gasteiger partial charge in [-0.05, 0) is 17.7 Å². The van der Waals surface area contributed by atoms with Crippen molar-refractivity contribution in [2.75, 3.05) is 6.54 Å². The molecule has 1 aliphatic rings. The molecule has 0 fully saturated rings. The summed E-state index contributed by atoms with van der Waals surface area (Å²) in [6.45, 7) is 3.75. The first kappa shape index (κ1) is 10.5. The zero-order chi connectivity index (χ0) is 10.7. The van der Waals surface area contributed by atoms with Crippen LogP contribution in [0.15, 0.2) is 29.3 Å². The lowest BCUT2D eigenvalue weighted by molar-refractivity contribution is 0.627. The summed E-state index contributed by atoms with van der Waals surface area (Å²) < 4.78 is 12.6. The average molecular weight is 224 g/mol. The molecular weight excluding hydrogens is 211 g/mol. The monoisotopic (exact) mass is 224 g/mol. The quantitative estimate of drug-likeness (QED) is 0.834. The van der Waals surface area contributed by atoms with Crippen LogP contribution in [0.2, 0.25) is 0 Å². The second-order valence-electron chi connectivity index (χ2n) is 3.55. The Kier molecular flexibility index (Phi) is 3.26. The van der Waals surface area contributed by atoms with E-state index < -0.39 is 0 Å². The zero-order valence-corrected chi connectivity index (χ0v) is 9.35. The molecule has 1 N–H and O–H groups in total. The lowest BCUT2D eigenvalue weighted by atomic mass is 10.2. The maximum Gasteiger partial charge on any atom is 0.157 e. The molecule has 0 unspecified atom stereocenters. The van der Waals surface area contributed by atoms with Gasteiger partial charge in [0, 0.05) is 11.8 Å². The summed E-state index contributed by atoms with van der Waals surface area (Å²) in [7, 11) is 0. The molecule has 4 heteroatoms. The molecule has 0 saturated heterocycles. The molecule has 1 aromatic carbocycles. The number of hydrogen-bond donors (Lipinski definition) is 1. The van der Waals surface area contributed by atoms with E-state index in [4.69, 9.17) is 0 Å². The number of hydrogen-bond acceptors (Lipinski definition) is 3. The first-order valence-electron chi connectivity index (χ1n) is 4.93. The highest BCUT2D eigenvalue weighted by Crippen LogP contribution is 2.18. The number of thioether (sulfide) groups is 1. The molecular formula is C11H13FN2S. The van der Waals surface area contributed by atoms with Gasteiger partial charge in [-0.3, -0.25) is 4.99 Å². The number of amidine groups is 1. The summed E-state index contributed by atoms with van der Waals surface area (Å²) in [5, 5.41) is 4.80. The number of nitrogens with one attached hydrogen (secondary N) is 1. The van der Waals surface area contributed by atoms with Gasteiger partial charge in [0.05, 0.1) is 6.54 Å². The largest absolute Gasteiger partial charge is 0.361 e. The number of rotatable bonds is 2. The van der Waals surface area contributed by atoms with Gasteiger partial charge in [-0.2, -0.15) is 0 Å². The Labute approximate surface area is 93.0 Å². The van der Waals surface area contributed by atoms with Crippen molar-refractivity contribution in [1.29, 1.82) is 0 Å². The van der Waals surface area contributed by atoms with Gasteiger partial charge in [-0.15, -0.1) is 0 Å². The molecule has 15 heavy (non-hydrogen) atoms. The maximum atomic E-state index is 12.6. The smallest absolute Gasteiger partial charge is 0.157 e. The van der Waals surface area contributed by atoms with Crippen LogP contribution in [0, 0.1) is 5.82 Å². The van der Waals surface area contributed by atoms with E-state index in [1.165, 1.54) is 12.1 Å². The summed E-state index contributed by atoms with van der Waals surface area (Å²) in [5.41, 5.74) is 1.07. The van der Waals surface area contributed by atoms with E-state index in [2.05, 4.69) is 17.2 Å². The van der Waals surface area contributed by atoms with Gasteiger partial charge >= 0.3 is 0 Å². The van der Waals surface area contributed by atoms with Gasteiger partial charge in [0.1, 0.15) is 5.82 Å². The Morgan fingerprint density at radius 2 is 2.20 bits per heavy atom. The lowest BCUT2D eigenvalue weighted by Gasteiger charge is -2.05. The second kappa shape index (κ2) is 4.66. The van der Waals surface area contributed by atoms with E-state index in [0.29, 0.717) is 11.8 Å². The molecule has 80 valence electrons. The van der Waals surface area contributed by atoms with Crippen molar-refractivity contribution in [3.8, 4) is 0 Å². The Morgan fingerprint density at radius 1 is 1.47 bits per heavy atom. The Morgan fingerprint density at radius 3 is 2.80 bits per heavy atom. The van der Waals surface area contributed by atoms with Gasteiger partial charge in [-0.25, -0.2) is 4.39 Å². The minimum atomic E-state index is -0.194. The van der Waals surface area contributed by atoms with Crippen LogP contribution in [0.25, 0.3) is 0 Å². The SMILES string of the molecule is C[C@@H]1CN=C(NCc2ccc(F)cc2)S1. The molecule has 2 rings (SSSR count). The van der Waals surface area contributed by atoms with Crippen molar-refractivity contribution in [1.82, 2.24) is 5.32 Å². The molecule has 1 aromatic rings. The third kappa shape index (κ3) is 2.96. The van der Waals surface area contributed by atoms with Gasteiger partial charge in [0.2, 0.25) is 0 Å². The summed E-state index contributed by atoms with van der Waals surface area (Å²) >= 11 is 1.75. The molecule has 2 nitrogen and oxygen atoms in total. The predicted molar refractivity (Wildman–Crippen MR) is 62.6 cm³/mol. The molecule has 0 radical (unpaired) electrons. The number of halogens is 1. The molecule has 0 spiro atoms. The number of aliphatic imine (C=N–C) groups is 1. The summed E-state index contributed by atoms with van der Waals surface area (Å²) in [6, 6.07) is 6.52. The minimum absolute atomic E-state index is 0.194. The van der Waals surface area contributed by atoms with Crippen molar-refractivity contribution < 1.29 is 4.39 Å². The van der Waals surface area contributed by atoms with E-state index in [0.717, 1.165) is 17.3 Å². The molecule has 0 amide bonds. The third-order valence-electron chi connectivity index (χ3n) is 2.16. The fourth-order valence-corrected chi connectivity index (χ4v) is 2.19. The number of benzene rings is 1. The van der Waals surface area contributed by atoms with Crippen LogP contribution in [0.5, 0.6) is 0 Å². The molecule has 0 saturated carbocycles. The standard InChI is InChI=1S/C11H13FN2S/c1-8-6-13-11(15-8)14-7-9-2-4-10(12)5-3-9/h2-5,8H,6-7H2,1H3,(H,13,14)/t8-/m1/s1. The Bertz CT molecular complexity index is 361. The highest BCUT2D eigenvalue weighted by molar-refractivity contribution is 8.14. The predicted octanol–water partition coefficient (Wildman–Crippen LogP) is 2.41. The van der Waals surface area contributed by atoms with Gasteiger partial charge in [-0.1, -0.05) is 30.8 Å². The van der Waals surface area contributed by atoms with Crippen LogP contribution < -0.4 is 5.32 Å². The van der Waals surface area contributed by atoms with E-state index in [9.17, 15) is 4.39 Å². The normalized spacial score (nSPS) is 20.1. The van der Waals surface area contributed by atoms with Crippen LogP contribution in [0.3, 0.4) is 0 Å². The fraction of sp³-hybridized carbons (Fsp3) is 0.364. The topological polar surface area (TPSA) is 24.4 Å². The average Bonchev–Trinajstić information content (AvgIpc) is 2.64. The van der Waals surface area contributed by atoms with Crippen LogP contribution in [0.1, 0.15) is 12.5 Å². The summed E-state index contributed by atoms with van der Waals surface area (Å²) in [6.07, 6.45) is 0. The molecule has 0 aromatic heterocycles. The molecule has 1 atom stereocenters. The van der Waals surface area contributed by atoms with Gasteiger partial charge in [0.25, 0.3) is 0 Å². The highest BCUT2D eigenvalue weighted by atomic mass is 32.2. The Balaban J connectivity index is 1.86. The van der Waals surface area contributed by atoms with E-state index in [-0.39, 0.29) is 5.82 Å². The second-order valence-corrected chi connectivity index (χ2v) is 4.98. The first-order valence-corrected chi connectivity index (χ1v) is 5.81. The number of nitrogens with zero attached hydrogens (tertiary/aromatic N) is 1. The summed E-state index contributed by atoms with van der Waals surface area (Å²) in [4.78, 5) is 4.34. The van der Waals surface area contributed by atoms with E-state index in [1.807, 2.05) is 0 Å². The molecule has 0 aliphatic carbocycles. The lowest BCUT2D eigenvalue weighted by Crippen LogP contribution is -2.18. The minimum Gasteiger partial charge on any atom is -0.361 e. The van der Waals surface area contributed by atoms with E-state index in [1.54, 1.807) is 23.9 Å². The Hall–Kier alpha value is -1.03. The van der Waals surface area contributed by atoms with Crippen molar-refractivity contribution in [2.45, 2.75) is 18.7 Å². The molecule has 0 bridgehead atoms. The van der Waals surface area contributed by atoms with Gasteiger partial charge < -0.3 is 5.32 Å². The van der Waals surface area contributed by atoms with Gasteiger partial charge in [0.15, 0.2) is 5.17 Å². The van der Waals surface area contributed by atoms with Crippen LogP contribution in [-0.2, 0) is 6.54 Å². The van der Waals surface area contributed by atoms with Crippen LogP contribution >= 0.6 is 11.8 Å². The molecule has 1 heterocycles.